The Morgan fingerprint density at radius 2 is 2.09 bits per heavy atom. The molecule has 0 amide bonds. The van der Waals surface area contributed by atoms with Crippen molar-refractivity contribution in [2.75, 3.05) is 50.9 Å². The van der Waals surface area contributed by atoms with Crippen LogP contribution in [0.25, 0.3) is 10.9 Å². The van der Waals surface area contributed by atoms with E-state index in [4.69, 9.17) is 22.4 Å². The molecule has 4 atom stereocenters. The first kappa shape index (κ1) is 24.1. The number of nitrogen functional groups attached to an aromatic ring is 1. The zero-order chi connectivity index (χ0) is 23.7. The Labute approximate surface area is 210 Å². The molecule has 5 rings (SSSR count). The van der Waals surface area contributed by atoms with Gasteiger partial charge in [-0.3, -0.25) is 14.6 Å². The van der Waals surface area contributed by atoms with Crippen LogP contribution in [0.5, 0.6) is 0 Å². The van der Waals surface area contributed by atoms with E-state index in [1.54, 1.807) is 11.8 Å². The molecule has 1 saturated heterocycles. The highest BCUT2D eigenvalue weighted by Gasteiger charge is 2.30. The van der Waals surface area contributed by atoms with E-state index < -0.39 is 0 Å². The monoisotopic (exact) mass is 503 g/mol. The summed E-state index contributed by atoms with van der Waals surface area (Å²) in [6.07, 6.45) is 5.23. The molecule has 2 fully saturated rings. The second kappa shape index (κ2) is 10.6. The molecule has 2 aromatic rings. The van der Waals surface area contributed by atoms with Crippen LogP contribution in [0, 0.1) is 0 Å². The lowest BCUT2D eigenvalue weighted by Gasteiger charge is -2.37. The minimum absolute atomic E-state index is 0.104. The second-order valence-corrected chi connectivity index (χ2v) is 11.3. The highest BCUT2D eigenvalue weighted by Crippen LogP contribution is 2.41. The molecular weight excluding hydrogens is 470 g/mol. The highest BCUT2D eigenvalue weighted by molar-refractivity contribution is 8.14. The number of carbonyl (C=O) groups is 1. The van der Waals surface area contributed by atoms with Crippen molar-refractivity contribution in [3.05, 3.63) is 35.5 Å². The van der Waals surface area contributed by atoms with Crippen molar-refractivity contribution >= 4 is 45.6 Å². The first-order valence-corrected chi connectivity index (χ1v) is 13.8. The Balaban J connectivity index is 1.24. The standard InChI is InChI=1S/C25H34ClN5O2S/c26-22-6-2-4-20(22)21-5-1-3-17-13-23(31(27)24(17)21)25-28-18(16-34-25)7-8-29-9-11-30(12-10-29)19(14-32)15-33/h1,3,5,13-14,18-20,22,33H,2,4,6-12,15-16,27H2. The number of aromatic nitrogens is 1. The minimum atomic E-state index is -0.368. The van der Waals surface area contributed by atoms with E-state index in [0.717, 1.165) is 85.7 Å². The van der Waals surface area contributed by atoms with Crippen LogP contribution < -0.4 is 5.84 Å². The molecule has 7 nitrogen and oxygen atoms in total. The van der Waals surface area contributed by atoms with Gasteiger partial charge in [-0.1, -0.05) is 24.6 Å². The number of hydrogen-bond donors (Lipinski definition) is 2. The molecule has 3 aliphatic rings. The average molecular weight is 504 g/mol. The number of rotatable bonds is 8. The normalized spacial score (nSPS) is 27.4. The van der Waals surface area contributed by atoms with Crippen LogP contribution >= 0.6 is 23.4 Å². The highest BCUT2D eigenvalue weighted by atomic mass is 35.5. The van der Waals surface area contributed by atoms with Crippen molar-refractivity contribution in [2.24, 2.45) is 4.99 Å². The van der Waals surface area contributed by atoms with Crippen molar-refractivity contribution in [3.63, 3.8) is 0 Å². The van der Waals surface area contributed by atoms with Crippen molar-refractivity contribution in [1.29, 1.82) is 0 Å². The van der Waals surface area contributed by atoms with Crippen LogP contribution in [0.3, 0.4) is 0 Å². The van der Waals surface area contributed by atoms with E-state index in [2.05, 4.69) is 34.1 Å². The van der Waals surface area contributed by atoms with Crippen LogP contribution in [-0.2, 0) is 4.79 Å². The summed E-state index contributed by atoms with van der Waals surface area (Å²) in [6, 6.07) is 8.53. The van der Waals surface area contributed by atoms with E-state index in [-0.39, 0.29) is 24.1 Å². The average Bonchev–Trinajstić information content (AvgIpc) is 3.58. The molecule has 4 unspecified atom stereocenters. The molecule has 0 radical (unpaired) electrons. The molecule has 1 aromatic carbocycles. The molecule has 1 saturated carbocycles. The fraction of sp³-hybridized carbons (Fsp3) is 0.600. The Morgan fingerprint density at radius 3 is 2.79 bits per heavy atom. The smallest absolute Gasteiger partial charge is 0.139 e. The zero-order valence-corrected chi connectivity index (χ0v) is 21.1. The summed E-state index contributed by atoms with van der Waals surface area (Å²) in [5.74, 6) is 8.00. The second-order valence-electron chi connectivity index (χ2n) is 9.69. The topological polar surface area (TPSA) is 87.1 Å². The van der Waals surface area contributed by atoms with Crippen LogP contribution in [0.1, 0.15) is 42.9 Å². The fourth-order valence-electron chi connectivity index (χ4n) is 5.64. The van der Waals surface area contributed by atoms with Gasteiger partial charge in [-0.25, -0.2) is 0 Å². The number of thioether (sulfide) groups is 1. The maximum absolute atomic E-state index is 11.1. The number of nitrogens with zero attached hydrogens (tertiary/aromatic N) is 4. The molecule has 1 aliphatic carbocycles. The van der Waals surface area contributed by atoms with Gasteiger partial charge in [0.05, 0.1) is 29.9 Å². The number of aldehydes is 1. The lowest BCUT2D eigenvalue weighted by Crippen LogP contribution is -2.52. The van der Waals surface area contributed by atoms with Gasteiger partial charge in [0, 0.05) is 55.2 Å². The predicted molar refractivity (Wildman–Crippen MR) is 141 cm³/mol. The summed E-state index contributed by atoms with van der Waals surface area (Å²) in [6.45, 7) is 4.37. The van der Waals surface area contributed by atoms with Gasteiger partial charge in [0.25, 0.3) is 0 Å². The first-order chi connectivity index (χ1) is 16.6. The SMILES string of the molecule is Nn1c(C2=NC(CCN3CCN(C(C=O)CO)CC3)CS2)cc2cccc(C3CCCC3Cl)c21. The molecular formula is C25H34ClN5O2S. The van der Waals surface area contributed by atoms with Crippen LogP contribution in [0.15, 0.2) is 29.3 Å². The van der Waals surface area contributed by atoms with Gasteiger partial charge in [0.2, 0.25) is 0 Å². The number of aliphatic hydroxyl groups excluding tert-OH is 1. The third-order valence-electron chi connectivity index (χ3n) is 7.65. The van der Waals surface area contributed by atoms with Crippen LogP contribution in [0.2, 0.25) is 0 Å². The largest absolute Gasteiger partial charge is 0.394 e. The Morgan fingerprint density at radius 1 is 1.26 bits per heavy atom. The number of aliphatic imine (C=N–C) groups is 1. The van der Waals surface area contributed by atoms with Gasteiger partial charge >= 0.3 is 0 Å². The minimum Gasteiger partial charge on any atom is -0.394 e. The van der Waals surface area contributed by atoms with E-state index >= 15 is 0 Å². The van der Waals surface area contributed by atoms with Gasteiger partial charge in [0.15, 0.2) is 0 Å². The number of hydrogen-bond acceptors (Lipinski definition) is 7. The molecule has 1 aromatic heterocycles. The van der Waals surface area contributed by atoms with Gasteiger partial charge in [-0.15, -0.1) is 23.4 Å². The van der Waals surface area contributed by atoms with E-state index in [0.29, 0.717) is 5.92 Å². The van der Waals surface area contributed by atoms with Crippen molar-refractivity contribution in [1.82, 2.24) is 14.5 Å². The molecule has 3 heterocycles. The van der Waals surface area contributed by atoms with E-state index in [1.807, 2.05) is 4.68 Å². The summed E-state index contributed by atoms with van der Waals surface area (Å²) >= 11 is 8.44. The number of carbonyl (C=O) groups excluding carboxylic acids is 1. The zero-order valence-electron chi connectivity index (χ0n) is 19.5. The molecule has 34 heavy (non-hydrogen) atoms. The molecule has 9 heteroatoms. The Kier molecular flexibility index (Phi) is 7.51. The van der Waals surface area contributed by atoms with E-state index in [1.165, 1.54) is 12.0 Å². The summed E-state index contributed by atoms with van der Waals surface area (Å²) in [7, 11) is 0. The van der Waals surface area contributed by atoms with Crippen molar-refractivity contribution in [2.45, 2.75) is 49.1 Å². The van der Waals surface area contributed by atoms with Gasteiger partial charge in [0.1, 0.15) is 11.3 Å². The summed E-state index contributed by atoms with van der Waals surface area (Å²) in [5, 5.41) is 11.7. The number of para-hydroxylation sites is 1. The molecule has 0 spiro atoms. The predicted octanol–water partition coefficient (Wildman–Crippen LogP) is 2.66. The number of fused-ring (bicyclic) bond motifs is 1. The maximum atomic E-state index is 11.1. The third kappa shape index (κ3) is 4.75. The molecule has 184 valence electrons. The molecule has 0 bridgehead atoms. The Hall–Kier alpha value is -1.58. The van der Waals surface area contributed by atoms with Gasteiger partial charge in [-0.2, -0.15) is 0 Å². The maximum Gasteiger partial charge on any atom is 0.139 e. The van der Waals surface area contributed by atoms with Crippen LogP contribution in [-0.4, -0.2) is 93.5 Å². The Bertz CT molecular complexity index is 1050. The van der Waals surface area contributed by atoms with Crippen molar-refractivity contribution in [3.8, 4) is 0 Å². The summed E-state index contributed by atoms with van der Waals surface area (Å²) in [4.78, 5) is 20.6. The van der Waals surface area contributed by atoms with Crippen molar-refractivity contribution < 1.29 is 9.90 Å². The number of piperazine rings is 1. The quantitative estimate of drug-likeness (QED) is 0.327. The van der Waals surface area contributed by atoms with Gasteiger partial charge in [-0.05, 0) is 30.9 Å². The number of nitrogens with two attached hydrogens (primary N) is 1. The first-order valence-electron chi connectivity index (χ1n) is 12.4. The number of alkyl halides is 1. The number of halogens is 1. The van der Waals surface area contributed by atoms with Crippen LogP contribution in [0.4, 0.5) is 0 Å². The lowest BCUT2D eigenvalue weighted by molar-refractivity contribution is -0.114. The summed E-state index contributed by atoms with van der Waals surface area (Å²) in [5.41, 5.74) is 3.36. The molecule has 2 aliphatic heterocycles. The van der Waals surface area contributed by atoms with E-state index in [9.17, 15) is 9.90 Å². The number of aliphatic hydroxyl groups is 1. The fourth-order valence-corrected chi connectivity index (χ4v) is 7.18. The number of benzene rings is 1. The van der Waals surface area contributed by atoms with Gasteiger partial charge < -0.3 is 20.6 Å². The lowest BCUT2D eigenvalue weighted by atomic mass is 9.95. The molecule has 3 N–H and O–H groups in total. The summed E-state index contributed by atoms with van der Waals surface area (Å²) < 4.78 is 1.84. The third-order valence-corrected chi connectivity index (χ3v) is 9.31.